The Morgan fingerprint density at radius 1 is 1.11 bits per heavy atom. The number of methoxy groups -OCH3 is 1. The zero-order chi connectivity index (χ0) is 19.6. The van der Waals surface area contributed by atoms with Crippen molar-refractivity contribution < 1.29 is 18.3 Å². The number of halogens is 2. The van der Waals surface area contributed by atoms with Crippen LogP contribution in [0.4, 0.5) is 14.5 Å². The van der Waals surface area contributed by atoms with Crippen LogP contribution < -0.4 is 21.3 Å². The number of nitrogens with zero attached hydrogens (tertiary/aromatic N) is 1. The number of nitrogens with one attached hydrogen (secondary N) is 2. The van der Waals surface area contributed by atoms with Gasteiger partial charge in [0.15, 0.2) is 11.6 Å². The molecule has 0 fully saturated rings. The molecule has 0 unspecified atom stereocenters. The summed E-state index contributed by atoms with van der Waals surface area (Å²) >= 11 is 0. The van der Waals surface area contributed by atoms with Gasteiger partial charge in [-0.05, 0) is 24.3 Å². The van der Waals surface area contributed by atoms with Crippen molar-refractivity contribution in [3.8, 4) is 11.4 Å². The maximum Gasteiger partial charge on any atom is 0.333 e. The van der Waals surface area contributed by atoms with Crippen LogP contribution in [0.25, 0.3) is 5.69 Å². The fourth-order valence-corrected chi connectivity index (χ4v) is 2.39. The minimum Gasteiger partial charge on any atom is -0.497 e. The fraction of sp³-hybridized carbons (Fsp3) is 0.0556. The summed E-state index contributed by atoms with van der Waals surface area (Å²) in [5, 5.41) is 2.28. The first-order valence-corrected chi connectivity index (χ1v) is 7.66. The highest BCUT2D eigenvalue weighted by Gasteiger charge is 2.17. The van der Waals surface area contributed by atoms with Crippen LogP contribution in [0.15, 0.2) is 58.3 Å². The van der Waals surface area contributed by atoms with Gasteiger partial charge in [0.25, 0.3) is 11.5 Å². The topological polar surface area (TPSA) is 93.2 Å². The highest BCUT2D eigenvalue weighted by molar-refractivity contribution is 6.03. The molecule has 2 aromatic carbocycles. The summed E-state index contributed by atoms with van der Waals surface area (Å²) in [4.78, 5) is 39.4. The molecule has 1 heterocycles. The Kier molecular flexibility index (Phi) is 4.84. The van der Waals surface area contributed by atoms with E-state index in [1.54, 1.807) is 12.1 Å². The van der Waals surface area contributed by atoms with E-state index in [1.165, 1.54) is 19.2 Å². The van der Waals surface area contributed by atoms with Gasteiger partial charge >= 0.3 is 5.69 Å². The second-order valence-electron chi connectivity index (χ2n) is 5.43. The van der Waals surface area contributed by atoms with Gasteiger partial charge in [0.05, 0.1) is 12.8 Å². The van der Waals surface area contributed by atoms with Gasteiger partial charge in [0.2, 0.25) is 0 Å². The van der Waals surface area contributed by atoms with Gasteiger partial charge < -0.3 is 15.0 Å². The summed E-state index contributed by atoms with van der Waals surface area (Å²) < 4.78 is 32.1. The van der Waals surface area contributed by atoms with Crippen molar-refractivity contribution in [3.63, 3.8) is 0 Å². The average molecular weight is 373 g/mol. The molecule has 7 nitrogen and oxygen atoms in total. The minimum atomic E-state index is -1.15. The van der Waals surface area contributed by atoms with E-state index in [2.05, 4.69) is 10.3 Å². The Balaban J connectivity index is 2.01. The lowest BCUT2D eigenvalue weighted by atomic mass is 10.2. The lowest BCUT2D eigenvalue weighted by molar-refractivity contribution is 0.102. The summed E-state index contributed by atoms with van der Waals surface area (Å²) in [5.74, 6) is -2.70. The van der Waals surface area contributed by atoms with Crippen LogP contribution in [0, 0.1) is 11.6 Å². The van der Waals surface area contributed by atoms with Crippen molar-refractivity contribution in [1.82, 2.24) is 9.55 Å². The number of hydrogen-bond donors (Lipinski definition) is 2. The monoisotopic (exact) mass is 373 g/mol. The fourth-order valence-electron chi connectivity index (χ4n) is 2.39. The molecular formula is C18H13F2N3O4. The molecule has 0 radical (unpaired) electrons. The summed E-state index contributed by atoms with van der Waals surface area (Å²) in [5.41, 5.74) is -1.87. The number of amides is 1. The first-order chi connectivity index (χ1) is 12.9. The van der Waals surface area contributed by atoms with Crippen LogP contribution in [0.1, 0.15) is 10.4 Å². The molecule has 138 valence electrons. The Morgan fingerprint density at radius 2 is 1.89 bits per heavy atom. The molecule has 27 heavy (non-hydrogen) atoms. The van der Waals surface area contributed by atoms with Crippen molar-refractivity contribution in [2.75, 3.05) is 12.4 Å². The third kappa shape index (κ3) is 3.61. The van der Waals surface area contributed by atoms with Crippen LogP contribution >= 0.6 is 0 Å². The number of carbonyl (C=O) groups excluding carboxylic acids is 1. The normalized spacial score (nSPS) is 10.5. The summed E-state index contributed by atoms with van der Waals surface area (Å²) in [6.07, 6.45) is 0.955. The van der Waals surface area contributed by atoms with Gasteiger partial charge in [-0.25, -0.2) is 18.1 Å². The van der Waals surface area contributed by atoms with Crippen molar-refractivity contribution in [1.29, 1.82) is 0 Å². The quantitative estimate of drug-likeness (QED) is 0.732. The van der Waals surface area contributed by atoms with Crippen LogP contribution in [-0.2, 0) is 0 Å². The lowest BCUT2D eigenvalue weighted by Gasteiger charge is -2.09. The summed E-state index contributed by atoms with van der Waals surface area (Å²) in [6, 6.07) is 8.91. The van der Waals surface area contributed by atoms with Gasteiger partial charge in [-0.2, -0.15) is 0 Å². The van der Waals surface area contributed by atoms with Crippen LogP contribution in [0.2, 0.25) is 0 Å². The first-order valence-electron chi connectivity index (χ1n) is 7.66. The van der Waals surface area contributed by atoms with Crippen molar-refractivity contribution in [2.45, 2.75) is 0 Å². The third-order valence-corrected chi connectivity index (χ3v) is 3.71. The molecule has 0 saturated heterocycles. The predicted molar refractivity (Wildman–Crippen MR) is 93.5 cm³/mol. The second-order valence-corrected chi connectivity index (χ2v) is 5.43. The molecular weight excluding hydrogens is 360 g/mol. The molecule has 0 spiro atoms. The van der Waals surface area contributed by atoms with E-state index in [0.717, 1.165) is 29.0 Å². The Labute approximate surface area is 150 Å². The number of aromatic nitrogens is 2. The van der Waals surface area contributed by atoms with E-state index < -0.39 is 28.8 Å². The lowest BCUT2D eigenvalue weighted by Crippen LogP contribution is -2.38. The number of anilines is 1. The highest BCUT2D eigenvalue weighted by Crippen LogP contribution is 2.15. The molecule has 2 N–H and O–H groups in total. The molecule has 0 aliphatic rings. The van der Waals surface area contributed by atoms with Crippen LogP contribution in [0.3, 0.4) is 0 Å². The Morgan fingerprint density at radius 3 is 2.59 bits per heavy atom. The van der Waals surface area contributed by atoms with Gasteiger partial charge in [0.1, 0.15) is 11.3 Å². The molecule has 1 amide bonds. The third-order valence-electron chi connectivity index (χ3n) is 3.71. The Hall–Kier alpha value is -3.75. The van der Waals surface area contributed by atoms with Crippen LogP contribution in [-0.4, -0.2) is 22.6 Å². The minimum absolute atomic E-state index is 0.0440. The SMILES string of the molecule is COc1cccc(-n2c(=O)[nH]cc(C(=O)Nc3ccc(F)c(F)c3)c2=O)c1. The highest BCUT2D eigenvalue weighted by atomic mass is 19.2. The van der Waals surface area contributed by atoms with Crippen LogP contribution in [0.5, 0.6) is 5.75 Å². The zero-order valence-corrected chi connectivity index (χ0v) is 14.0. The molecule has 0 atom stereocenters. The van der Waals surface area contributed by atoms with E-state index in [4.69, 9.17) is 4.74 Å². The summed E-state index contributed by atoms with van der Waals surface area (Å²) in [6.45, 7) is 0. The standard InChI is InChI=1S/C18H13F2N3O4/c1-27-12-4-2-3-11(8-12)23-17(25)13(9-21-18(23)26)16(24)22-10-5-6-14(19)15(20)7-10/h2-9H,1H3,(H,21,26)(H,22,24). The first kappa shape index (κ1) is 18.1. The molecule has 0 saturated carbocycles. The molecule has 0 aliphatic heterocycles. The molecule has 3 rings (SSSR count). The number of aromatic amines is 1. The maximum absolute atomic E-state index is 13.3. The number of rotatable bonds is 4. The Bertz CT molecular complexity index is 1140. The second kappa shape index (κ2) is 7.24. The molecule has 0 bridgehead atoms. The van der Waals surface area contributed by atoms with Crippen molar-refractivity contribution in [2.24, 2.45) is 0 Å². The van der Waals surface area contributed by atoms with Gasteiger partial charge in [-0.15, -0.1) is 0 Å². The van der Waals surface area contributed by atoms with Gasteiger partial charge in [-0.3, -0.25) is 9.59 Å². The summed E-state index contributed by atoms with van der Waals surface area (Å²) in [7, 11) is 1.43. The van der Waals surface area contributed by atoms with Crippen molar-refractivity contribution in [3.05, 3.63) is 86.7 Å². The average Bonchev–Trinajstić information content (AvgIpc) is 2.65. The number of carbonyl (C=O) groups is 1. The number of ether oxygens (including phenoxy) is 1. The van der Waals surface area contributed by atoms with Gasteiger partial charge in [-0.1, -0.05) is 6.07 Å². The largest absolute Gasteiger partial charge is 0.497 e. The van der Waals surface area contributed by atoms with E-state index in [9.17, 15) is 23.2 Å². The molecule has 0 aliphatic carbocycles. The zero-order valence-electron chi connectivity index (χ0n) is 14.0. The molecule has 9 heteroatoms. The van der Waals surface area contributed by atoms with Crippen molar-refractivity contribution >= 4 is 11.6 Å². The number of H-pyrrole nitrogens is 1. The smallest absolute Gasteiger partial charge is 0.333 e. The van der Waals surface area contributed by atoms with E-state index >= 15 is 0 Å². The number of benzene rings is 2. The molecule has 1 aromatic heterocycles. The molecule has 3 aromatic rings. The number of hydrogen-bond acceptors (Lipinski definition) is 4. The van der Waals surface area contributed by atoms with Gasteiger partial charge in [0, 0.05) is 24.0 Å². The van der Waals surface area contributed by atoms with E-state index in [-0.39, 0.29) is 16.9 Å². The van der Waals surface area contributed by atoms with E-state index in [0.29, 0.717) is 5.75 Å². The van der Waals surface area contributed by atoms with E-state index in [1.807, 2.05) is 0 Å². The predicted octanol–water partition coefficient (Wildman–Crippen LogP) is 2.06. The maximum atomic E-state index is 13.3.